The third-order valence-corrected chi connectivity index (χ3v) is 8.23. The van der Waals surface area contributed by atoms with Gasteiger partial charge in [0.2, 0.25) is 10.0 Å². The van der Waals surface area contributed by atoms with E-state index in [-0.39, 0.29) is 11.8 Å². The molecule has 4 aromatic rings. The van der Waals surface area contributed by atoms with E-state index in [1.165, 1.54) is 10.6 Å². The van der Waals surface area contributed by atoms with Crippen LogP contribution in [-0.4, -0.2) is 87.0 Å². The first kappa shape index (κ1) is 30.8. The summed E-state index contributed by atoms with van der Waals surface area (Å²) in [4.78, 5) is 24.8. The second kappa shape index (κ2) is 13.2. The molecule has 4 rings (SSSR count). The Morgan fingerprint density at radius 2 is 1.60 bits per heavy atom. The van der Waals surface area contributed by atoms with Crippen LogP contribution in [0.3, 0.4) is 0 Å². The van der Waals surface area contributed by atoms with Gasteiger partial charge in [0.05, 0.1) is 28.9 Å². The van der Waals surface area contributed by atoms with Crippen molar-refractivity contribution < 1.29 is 18.3 Å². The predicted octanol–water partition coefficient (Wildman–Crippen LogP) is 5.24. The number of anilines is 1. The molecule has 2 N–H and O–H groups in total. The summed E-state index contributed by atoms with van der Waals surface area (Å²) < 4.78 is 26.4. The third kappa shape index (κ3) is 7.18. The van der Waals surface area contributed by atoms with Crippen LogP contribution in [0, 0.1) is 0 Å². The summed E-state index contributed by atoms with van der Waals surface area (Å²) in [6.45, 7) is 3.65. The Morgan fingerprint density at radius 3 is 2.21 bits per heavy atom. The smallest absolute Gasteiger partial charge is 0.253 e. The largest absolute Gasteiger partial charge is 0.494 e. The summed E-state index contributed by atoms with van der Waals surface area (Å²) in [7, 11) is 2.11. The van der Waals surface area contributed by atoms with Crippen molar-refractivity contribution in [1.29, 1.82) is 0 Å². The number of fused-ring (bicyclic) bond motifs is 1. The Morgan fingerprint density at radius 1 is 0.905 bits per heavy atom. The predicted molar refractivity (Wildman–Crippen MR) is 171 cm³/mol. The number of sulfonamides is 1. The van der Waals surface area contributed by atoms with Crippen molar-refractivity contribution >= 4 is 43.9 Å². The van der Waals surface area contributed by atoms with Gasteiger partial charge in [0.15, 0.2) is 5.88 Å². The summed E-state index contributed by atoms with van der Waals surface area (Å²) in [5.74, 6) is -0.143. The van der Waals surface area contributed by atoms with Crippen molar-refractivity contribution in [1.82, 2.24) is 14.8 Å². The molecule has 9 nitrogen and oxygen atoms in total. The Labute approximate surface area is 248 Å². The van der Waals surface area contributed by atoms with Gasteiger partial charge in [-0.05, 0) is 63.0 Å². The molecule has 10 heteroatoms. The first-order valence-corrected chi connectivity index (χ1v) is 15.8. The van der Waals surface area contributed by atoms with E-state index in [9.17, 15) is 18.3 Å². The average Bonchev–Trinajstić information content (AvgIpc) is 3.29. The van der Waals surface area contributed by atoms with E-state index < -0.39 is 10.0 Å². The monoisotopic (exact) mass is 589 g/mol. The summed E-state index contributed by atoms with van der Waals surface area (Å²) in [6, 6.07) is 21.8. The number of unbranched alkanes of at least 4 members (excludes halogenated alkanes) is 1. The van der Waals surface area contributed by atoms with Gasteiger partial charge in [-0.25, -0.2) is 13.4 Å². The van der Waals surface area contributed by atoms with E-state index >= 15 is 0 Å². The Kier molecular flexibility index (Phi) is 9.70. The highest BCUT2D eigenvalue weighted by Crippen LogP contribution is 2.33. The lowest BCUT2D eigenvalue weighted by molar-refractivity contribution is 0.0793. The molecule has 0 aliphatic rings. The van der Waals surface area contributed by atoms with Crippen LogP contribution in [0.5, 0.6) is 5.88 Å². The second-order valence-corrected chi connectivity index (χ2v) is 12.6. The summed E-state index contributed by atoms with van der Waals surface area (Å²) >= 11 is 0. The summed E-state index contributed by atoms with van der Waals surface area (Å²) in [5.41, 5.74) is 4.11. The lowest BCUT2D eigenvalue weighted by Gasteiger charge is -2.24. The minimum absolute atomic E-state index is 0.0555. The fraction of sp³-hybridized carbons (Fsp3) is 0.312. The molecule has 1 amide bonds. The van der Waals surface area contributed by atoms with E-state index in [4.69, 9.17) is 4.99 Å². The van der Waals surface area contributed by atoms with E-state index in [0.717, 1.165) is 18.4 Å². The van der Waals surface area contributed by atoms with E-state index in [1.807, 2.05) is 49.3 Å². The summed E-state index contributed by atoms with van der Waals surface area (Å²) in [6.07, 6.45) is 3.11. The van der Waals surface area contributed by atoms with Crippen LogP contribution in [0.15, 0.2) is 77.8 Å². The SMILES string of the molecule is CCCCN(C)C(=O)c1ccc2[nH]c(O)c(C(=Nc3ccc(N(CCN(C)C)S(C)(=O)=O)cc3)c3ccccc3)c2c1. The van der Waals surface area contributed by atoms with Crippen LogP contribution in [0.25, 0.3) is 10.9 Å². The highest BCUT2D eigenvalue weighted by atomic mass is 32.2. The van der Waals surface area contributed by atoms with Crippen molar-refractivity contribution in [3.63, 3.8) is 0 Å². The van der Waals surface area contributed by atoms with Gasteiger partial charge >= 0.3 is 0 Å². The van der Waals surface area contributed by atoms with Gasteiger partial charge in [0.25, 0.3) is 5.91 Å². The maximum atomic E-state index is 13.2. The van der Waals surface area contributed by atoms with Gasteiger partial charge in [-0.1, -0.05) is 43.7 Å². The molecule has 0 saturated heterocycles. The lowest BCUT2D eigenvalue weighted by atomic mass is 9.99. The van der Waals surface area contributed by atoms with E-state index in [0.29, 0.717) is 58.8 Å². The molecule has 42 heavy (non-hydrogen) atoms. The van der Waals surface area contributed by atoms with E-state index in [1.54, 1.807) is 54.4 Å². The number of aromatic amines is 1. The van der Waals surface area contributed by atoms with Crippen molar-refractivity contribution in [2.24, 2.45) is 4.99 Å². The molecule has 0 aliphatic carbocycles. The molecule has 0 aliphatic heterocycles. The number of likely N-dealkylation sites (N-methyl/N-ethyl adjacent to an activating group) is 1. The third-order valence-electron chi connectivity index (χ3n) is 7.03. The zero-order chi connectivity index (χ0) is 30.4. The molecule has 0 unspecified atom stereocenters. The first-order valence-electron chi connectivity index (χ1n) is 14.0. The minimum atomic E-state index is -3.48. The topological polar surface area (TPSA) is 109 Å². The van der Waals surface area contributed by atoms with Gasteiger partial charge in [-0.2, -0.15) is 0 Å². The Hall–Kier alpha value is -4.15. The maximum absolute atomic E-state index is 13.2. The molecule has 222 valence electrons. The second-order valence-electron chi connectivity index (χ2n) is 10.7. The van der Waals surface area contributed by atoms with Gasteiger partial charge in [0, 0.05) is 48.7 Å². The fourth-order valence-corrected chi connectivity index (χ4v) is 5.65. The van der Waals surface area contributed by atoms with Gasteiger partial charge < -0.3 is 19.9 Å². The van der Waals surface area contributed by atoms with Gasteiger partial charge in [-0.3, -0.25) is 9.10 Å². The number of benzene rings is 3. The van der Waals surface area contributed by atoms with Gasteiger partial charge in [-0.15, -0.1) is 0 Å². The van der Waals surface area contributed by atoms with E-state index in [2.05, 4.69) is 11.9 Å². The molecule has 1 aromatic heterocycles. The number of aromatic nitrogens is 1. The van der Waals surface area contributed by atoms with Crippen LogP contribution in [0.2, 0.25) is 0 Å². The average molecular weight is 590 g/mol. The number of nitrogens with zero attached hydrogens (tertiary/aromatic N) is 4. The zero-order valence-electron chi connectivity index (χ0n) is 24.8. The van der Waals surface area contributed by atoms with Crippen LogP contribution >= 0.6 is 0 Å². The summed E-state index contributed by atoms with van der Waals surface area (Å²) in [5, 5.41) is 11.8. The lowest BCUT2D eigenvalue weighted by Crippen LogP contribution is -2.35. The minimum Gasteiger partial charge on any atom is -0.494 e. The first-order chi connectivity index (χ1) is 20.0. The van der Waals surface area contributed by atoms with Crippen LogP contribution in [0.1, 0.15) is 41.3 Å². The molecule has 0 bridgehead atoms. The standard InChI is InChI=1S/C32H39N5O4S/c1-6-7-19-36(4)32(39)24-13-18-28-27(22-24)29(31(38)34-28)30(23-11-9-8-10-12-23)33-25-14-16-26(17-15-25)37(42(5,40)41)21-20-35(2)3/h8-18,22,34,38H,6-7,19-21H2,1-5H3. The number of aliphatic imine (C=N–C) groups is 1. The molecule has 0 radical (unpaired) electrons. The van der Waals surface area contributed by atoms with Crippen molar-refractivity contribution in [3.8, 4) is 5.88 Å². The number of carbonyl (C=O) groups excluding carboxylic acids is 1. The highest BCUT2D eigenvalue weighted by molar-refractivity contribution is 7.92. The normalized spacial score (nSPS) is 12.2. The van der Waals surface area contributed by atoms with Gasteiger partial charge in [0.1, 0.15) is 0 Å². The number of aromatic hydroxyl groups is 1. The Bertz CT molecular complexity index is 1660. The van der Waals surface area contributed by atoms with Crippen molar-refractivity contribution in [2.45, 2.75) is 19.8 Å². The molecule has 3 aromatic carbocycles. The molecule has 1 heterocycles. The van der Waals surface area contributed by atoms with Crippen LogP contribution in [0.4, 0.5) is 11.4 Å². The van der Waals surface area contributed by atoms with Crippen molar-refractivity contribution in [3.05, 3.63) is 89.5 Å². The number of carbonyl (C=O) groups is 1. The Balaban J connectivity index is 1.79. The van der Waals surface area contributed by atoms with Crippen molar-refractivity contribution in [2.75, 3.05) is 51.3 Å². The number of amides is 1. The molecular formula is C32H39N5O4S. The number of hydrogen-bond acceptors (Lipinski definition) is 6. The fourth-order valence-electron chi connectivity index (χ4n) is 4.73. The number of hydrogen-bond donors (Lipinski definition) is 2. The van der Waals surface area contributed by atoms with Crippen LogP contribution in [-0.2, 0) is 10.0 Å². The van der Waals surface area contributed by atoms with Crippen LogP contribution < -0.4 is 4.31 Å². The number of rotatable bonds is 12. The molecule has 0 saturated carbocycles. The number of H-pyrrole nitrogens is 1. The molecular weight excluding hydrogens is 550 g/mol. The number of nitrogens with one attached hydrogen (secondary N) is 1. The highest BCUT2D eigenvalue weighted by Gasteiger charge is 2.22. The molecule has 0 atom stereocenters. The quantitative estimate of drug-likeness (QED) is 0.220. The molecule has 0 spiro atoms. The zero-order valence-corrected chi connectivity index (χ0v) is 25.6. The maximum Gasteiger partial charge on any atom is 0.253 e. The molecule has 0 fully saturated rings.